The van der Waals surface area contributed by atoms with Gasteiger partial charge in [-0.3, -0.25) is 4.90 Å². The molecule has 3 nitrogen and oxygen atoms in total. The third kappa shape index (κ3) is 3.78. The number of likely N-dealkylation sites (tertiary alicyclic amines) is 1. The lowest BCUT2D eigenvalue weighted by Gasteiger charge is -2.28. The lowest BCUT2D eigenvalue weighted by Crippen LogP contribution is -2.39. The fourth-order valence-corrected chi connectivity index (χ4v) is 3.40. The molecule has 1 aliphatic rings. The van der Waals surface area contributed by atoms with E-state index in [4.69, 9.17) is 0 Å². The normalized spacial score (nSPS) is 17.0. The Morgan fingerprint density at radius 2 is 1.62 bits per heavy atom. The summed E-state index contributed by atoms with van der Waals surface area (Å²) in [6.45, 7) is 3.97. The number of carbonyl (C=O) groups is 1. The first-order valence-corrected chi connectivity index (χ1v) is 8.98. The Morgan fingerprint density at radius 1 is 1.04 bits per heavy atom. The predicted molar refractivity (Wildman–Crippen MR) is 99.6 cm³/mol. The van der Waals surface area contributed by atoms with Crippen LogP contribution in [0.3, 0.4) is 0 Å². The van der Waals surface area contributed by atoms with E-state index in [1.165, 1.54) is 19.3 Å². The predicted octanol–water partition coefficient (Wildman–Crippen LogP) is 5.46. The molecule has 1 unspecified atom stereocenters. The van der Waals surface area contributed by atoms with Gasteiger partial charge in [0.2, 0.25) is 0 Å². The molecule has 1 fully saturated rings. The van der Waals surface area contributed by atoms with Crippen LogP contribution < -0.4 is 4.90 Å². The molecular formula is C21H26N2O. The van der Waals surface area contributed by atoms with Crippen LogP contribution in [0, 0.1) is 5.92 Å². The Morgan fingerprint density at radius 3 is 2.17 bits per heavy atom. The number of amides is 2. The minimum atomic E-state index is 0.0893. The summed E-state index contributed by atoms with van der Waals surface area (Å²) in [6, 6.07) is 19.9. The van der Waals surface area contributed by atoms with Crippen LogP contribution in [0.5, 0.6) is 0 Å². The molecule has 0 bridgehead atoms. The minimum absolute atomic E-state index is 0.0893. The molecule has 0 aromatic heterocycles. The van der Waals surface area contributed by atoms with Gasteiger partial charge in [-0.2, -0.15) is 0 Å². The average molecular weight is 322 g/mol. The first kappa shape index (κ1) is 16.6. The number of nitrogens with zero attached hydrogens (tertiary/aromatic N) is 2. The Labute approximate surface area is 144 Å². The van der Waals surface area contributed by atoms with Crippen LogP contribution in [0.1, 0.15) is 32.6 Å². The van der Waals surface area contributed by atoms with Crippen molar-refractivity contribution in [1.82, 2.24) is 4.90 Å². The molecule has 24 heavy (non-hydrogen) atoms. The molecule has 1 saturated heterocycles. The number of hydrogen-bond donors (Lipinski definition) is 0. The van der Waals surface area contributed by atoms with Crippen molar-refractivity contribution < 1.29 is 4.79 Å². The van der Waals surface area contributed by atoms with Gasteiger partial charge in [-0.25, -0.2) is 4.79 Å². The van der Waals surface area contributed by atoms with Gasteiger partial charge in [0.1, 0.15) is 0 Å². The quantitative estimate of drug-likeness (QED) is 0.717. The molecule has 0 saturated carbocycles. The van der Waals surface area contributed by atoms with Gasteiger partial charge >= 0.3 is 6.03 Å². The van der Waals surface area contributed by atoms with Crippen LogP contribution >= 0.6 is 0 Å². The van der Waals surface area contributed by atoms with E-state index in [1.807, 2.05) is 70.5 Å². The first-order chi connectivity index (χ1) is 11.8. The molecule has 2 aromatic carbocycles. The second-order valence-corrected chi connectivity index (χ2v) is 6.53. The summed E-state index contributed by atoms with van der Waals surface area (Å²) < 4.78 is 0. The van der Waals surface area contributed by atoms with Gasteiger partial charge < -0.3 is 4.90 Å². The molecule has 1 heterocycles. The number of benzene rings is 2. The largest absolute Gasteiger partial charge is 0.329 e. The number of unbranched alkanes of at least 4 members (excludes halogenated alkanes) is 1. The summed E-state index contributed by atoms with van der Waals surface area (Å²) in [5.74, 6) is 0.655. The van der Waals surface area contributed by atoms with Crippen molar-refractivity contribution in [3.63, 3.8) is 0 Å². The zero-order chi connectivity index (χ0) is 16.8. The van der Waals surface area contributed by atoms with E-state index < -0.39 is 0 Å². The summed E-state index contributed by atoms with van der Waals surface area (Å²) >= 11 is 0. The van der Waals surface area contributed by atoms with Crippen LogP contribution in [0.2, 0.25) is 0 Å². The number of urea groups is 1. The van der Waals surface area contributed by atoms with Crippen LogP contribution in [0.15, 0.2) is 60.7 Å². The Bertz CT molecular complexity index is 602. The van der Waals surface area contributed by atoms with Gasteiger partial charge in [-0.15, -0.1) is 0 Å². The SMILES string of the molecule is CCCCC1CCN(C(=O)N(c2ccccc2)c2ccccc2)C1. The molecule has 3 heteroatoms. The lowest BCUT2D eigenvalue weighted by atomic mass is 10.0. The van der Waals surface area contributed by atoms with Crippen LogP contribution in [0.25, 0.3) is 0 Å². The average Bonchev–Trinajstić information content (AvgIpc) is 3.11. The number of anilines is 2. The highest BCUT2D eigenvalue weighted by Crippen LogP contribution is 2.29. The van der Waals surface area contributed by atoms with Crippen molar-refractivity contribution in [1.29, 1.82) is 0 Å². The third-order valence-electron chi connectivity index (χ3n) is 4.74. The van der Waals surface area contributed by atoms with E-state index in [-0.39, 0.29) is 6.03 Å². The second-order valence-electron chi connectivity index (χ2n) is 6.53. The van der Waals surface area contributed by atoms with Crippen molar-refractivity contribution in [2.45, 2.75) is 32.6 Å². The highest BCUT2D eigenvalue weighted by molar-refractivity contribution is 5.99. The van der Waals surface area contributed by atoms with Gasteiger partial charge in [0.25, 0.3) is 0 Å². The molecule has 126 valence electrons. The molecule has 0 aliphatic carbocycles. The summed E-state index contributed by atoms with van der Waals surface area (Å²) in [7, 11) is 0. The van der Waals surface area contributed by atoms with Gasteiger partial charge in [0.15, 0.2) is 0 Å². The topological polar surface area (TPSA) is 23.6 Å². The summed E-state index contributed by atoms with van der Waals surface area (Å²) in [5.41, 5.74) is 1.84. The van der Waals surface area contributed by atoms with Crippen LogP contribution in [-0.2, 0) is 0 Å². The molecule has 2 amide bonds. The van der Waals surface area contributed by atoms with E-state index in [9.17, 15) is 4.79 Å². The zero-order valence-electron chi connectivity index (χ0n) is 14.4. The zero-order valence-corrected chi connectivity index (χ0v) is 14.4. The molecule has 3 rings (SSSR count). The van der Waals surface area contributed by atoms with E-state index in [0.29, 0.717) is 5.92 Å². The number of carbonyl (C=O) groups excluding carboxylic acids is 1. The number of para-hydroxylation sites is 2. The van der Waals surface area contributed by atoms with Gasteiger partial charge in [0.05, 0.1) is 11.4 Å². The maximum Gasteiger partial charge on any atom is 0.329 e. The standard InChI is InChI=1S/C21H26N2O/c1-2-3-10-18-15-16-22(17-18)21(24)23(19-11-6-4-7-12-19)20-13-8-5-9-14-20/h4-9,11-14,18H,2-3,10,15-17H2,1H3. The van der Waals surface area contributed by atoms with Gasteiger partial charge in [0, 0.05) is 13.1 Å². The number of rotatable bonds is 5. The maximum absolute atomic E-state index is 13.2. The number of hydrogen-bond acceptors (Lipinski definition) is 1. The fourth-order valence-electron chi connectivity index (χ4n) is 3.40. The molecule has 1 aliphatic heterocycles. The van der Waals surface area contributed by atoms with Crippen molar-refractivity contribution >= 4 is 17.4 Å². The highest BCUT2D eigenvalue weighted by Gasteiger charge is 2.30. The Balaban J connectivity index is 1.80. The molecular weight excluding hydrogens is 296 g/mol. The molecule has 0 N–H and O–H groups in total. The van der Waals surface area contributed by atoms with Crippen LogP contribution in [-0.4, -0.2) is 24.0 Å². The van der Waals surface area contributed by atoms with E-state index >= 15 is 0 Å². The Kier molecular flexibility index (Phi) is 5.52. The molecule has 2 aromatic rings. The highest BCUT2D eigenvalue weighted by atomic mass is 16.2. The summed E-state index contributed by atoms with van der Waals surface area (Å²) in [5, 5.41) is 0. The smallest absolute Gasteiger partial charge is 0.324 e. The third-order valence-corrected chi connectivity index (χ3v) is 4.74. The van der Waals surface area contributed by atoms with Crippen molar-refractivity contribution in [2.75, 3.05) is 18.0 Å². The van der Waals surface area contributed by atoms with E-state index in [0.717, 1.165) is 30.9 Å². The van der Waals surface area contributed by atoms with Crippen molar-refractivity contribution in [3.8, 4) is 0 Å². The fraction of sp³-hybridized carbons (Fsp3) is 0.381. The maximum atomic E-state index is 13.2. The van der Waals surface area contributed by atoms with E-state index in [1.54, 1.807) is 0 Å². The monoisotopic (exact) mass is 322 g/mol. The molecule has 1 atom stereocenters. The summed E-state index contributed by atoms with van der Waals surface area (Å²) in [6.07, 6.45) is 4.85. The first-order valence-electron chi connectivity index (χ1n) is 8.98. The second kappa shape index (κ2) is 8.00. The summed E-state index contributed by atoms with van der Waals surface area (Å²) in [4.78, 5) is 17.1. The Hall–Kier alpha value is -2.29. The van der Waals surface area contributed by atoms with Gasteiger partial charge in [-0.05, 0) is 43.0 Å². The van der Waals surface area contributed by atoms with Crippen molar-refractivity contribution in [2.24, 2.45) is 5.92 Å². The van der Waals surface area contributed by atoms with Crippen LogP contribution in [0.4, 0.5) is 16.2 Å². The van der Waals surface area contributed by atoms with Crippen molar-refractivity contribution in [3.05, 3.63) is 60.7 Å². The minimum Gasteiger partial charge on any atom is -0.324 e. The van der Waals surface area contributed by atoms with Gasteiger partial charge in [-0.1, -0.05) is 56.2 Å². The lowest BCUT2D eigenvalue weighted by molar-refractivity contribution is 0.216. The molecule has 0 radical (unpaired) electrons. The van der Waals surface area contributed by atoms with E-state index in [2.05, 4.69) is 6.92 Å². The molecule has 0 spiro atoms.